The SMILES string of the molecule is NCC1C(Cl)CCCC1OC1CCCCC1. The van der Waals surface area contributed by atoms with Crippen LogP contribution in [-0.4, -0.2) is 24.1 Å². The van der Waals surface area contributed by atoms with Crippen molar-refractivity contribution in [2.75, 3.05) is 6.54 Å². The lowest BCUT2D eigenvalue weighted by Gasteiger charge is -2.37. The number of nitrogens with two attached hydrogens (primary N) is 1. The van der Waals surface area contributed by atoms with Gasteiger partial charge in [-0.1, -0.05) is 19.3 Å². The molecule has 0 aromatic rings. The van der Waals surface area contributed by atoms with E-state index in [2.05, 4.69) is 0 Å². The number of hydrogen-bond acceptors (Lipinski definition) is 2. The molecule has 0 aromatic carbocycles. The van der Waals surface area contributed by atoms with Gasteiger partial charge in [0.05, 0.1) is 12.2 Å². The number of hydrogen-bond donors (Lipinski definition) is 1. The highest BCUT2D eigenvalue weighted by Crippen LogP contribution is 2.33. The van der Waals surface area contributed by atoms with Crippen molar-refractivity contribution >= 4 is 11.6 Å². The fraction of sp³-hybridized carbons (Fsp3) is 1.00. The van der Waals surface area contributed by atoms with Gasteiger partial charge >= 0.3 is 0 Å². The second-order valence-electron chi connectivity index (χ2n) is 5.28. The van der Waals surface area contributed by atoms with Crippen LogP contribution in [0.25, 0.3) is 0 Å². The van der Waals surface area contributed by atoms with E-state index >= 15 is 0 Å². The molecule has 2 N–H and O–H groups in total. The van der Waals surface area contributed by atoms with Crippen LogP contribution in [0.2, 0.25) is 0 Å². The average Bonchev–Trinajstić information content (AvgIpc) is 2.31. The summed E-state index contributed by atoms with van der Waals surface area (Å²) in [4.78, 5) is 0. The lowest BCUT2D eigenvalue weighted by Crippen LogP contribution is -2.42. The Balaban J connectivity index is 1.85. The summed E-state index contributed by atoms with van der Waals surface area (Å²) in [6, 6.07) is 0. The van der Waals surface area contributed by atoms with Crippen molar-refractivity contribution in [3.05, 3.63) is 0 Å². The fourth-order valence-electron chi connectivity index (χ4n) is 3.09. The molecule has 2 nitrogen and oxygen atoms in total. The highest BCUT2D eigenvalue weighted by atomic mass is 35.5. The molecule has 94 valence electrons. The molecule has 3 unspecified atom stereocenters. The van der Waals surface area contributed by atoms with E-state index in [1.54, 1.807) is 0 Å². The van der Waals surface area contributed by atoms with Gasteiger partial charge in [-0.2, -0.15) is 0 Å². The Labute approximate surface area is 104 Å². The molecule has 2 rings (SSSR count). The van der Waals surface area contributed by atoms with Crippen molar-refractivity contribution in [2.24, 2.45) is 11.7 Å². The highest BCUT2D eigenvalue weighted by molar-refractivity contribution is 6.20. The molecule has 0 bridgehead atoms. The standard InChI is InChI=1S/C13H24ClNO/c14-12-7-4-8-13(11(12)9-15)16-10-5-2-1-3-6-10/h10-13H,1-9,15H2. The van der Waals surface area contributed by atoms with Gasteiger partial charge in [0.25, 0.3) is 0 Å². The summed E-state index contributed by atoms with van der Waals surface area (Å²) in [7, 11) is 0. The molecule has 16 heavy (non-hydrogen) atoms. The quantitative estimate of drug-likeness (QED) is 0.776. The molecule has 0 heterocycles. The Morgan fingerprint density at radius 1 is 1.00 bits per heavy atom. The molecular formula is C13H24ClNO. The highest BCUT2D eigenvalue weighted by Gasteiger charge is 2.33. The molecule has 0 aromatic heterocycles. The van der Waals surface area contributed by atoms with E-state index < -0.39 is 0 Å². The zero-order chi connectivity index (χ0) is 11.4. The van der Waals surface area contributed by atoms with E-state index in [0.29, 0.717) is 24.7 Å². The zero-order valence-corrected chi connectivity index (χ0v) is 10.8. The van der Waals surface area contributed by atoms with Crippen molar-refractivity contribution in [1.29, 1.82) is 0 Å². The molecule has 0 saturated heterocycles. The van der Waals surface area contributed by atoms with Gasteiger partial charge in [-0.15, -0.1) is 11.6 Å². The van der Waals surface area contributed by atoms with E-state index in [1.807, 2.05) is 0 Å². The van der Waals surface area contributed by atoms with E-state index in [4.69, 9.17) is 22.1 Å². The molecule has 0 spiro atoms. The molecule has 3 heteroatoms. The van der Waals surface area contributed by atoms with Crippen molar-refractivity contribution in [2.45, 2.75) is 69.0 Å². The Kier molecular flexibility index (Phi) is 4.93. The maximum atomic E-state index is 6.34. The third-order valence-corrected chi connectivity index (χ3v) is 4.64. The van der Waals surface area contributed by atoms with Crippen molar-refractivity contribution < 1.29 is 4.74 Å². The Bertz CT molecular complexity index is 206. The van der Waals surface area contributed by atoms with Gasteiger partial charge in [0.15, 0.2) is 0 Å². The molecule has 2 fully saturated rings. The normalized spacial score (nSPS) is 37.5. The van der Waals surface area contributed by atoms with Gasteiger partial charge in [0, 0.05) is 11.3 Å². The van der Waals surface area contributed by atoms with Crippen molar-refractivity contribution in [3.8, 4) is 0 Å². The minimum Gasteiger partial charge on any atom is -0.375 e. The molecular weight excluding hydrogens is 222 g/mol. The van der Waals surface area contributed by atoms with Gasteiger partial charge in [0.2, 0.25) is 0 Å². The molecule has 2 aliphatic rings. The fourth-order valence-corrected chi connectivity index (χ4v) is 3.51. The lowest BCUT2D eigenvalue weighted by atomic mass is 9.85. The third kappa shape index (κ3) is 3.12. The van der Waals surface area contributed by atoms with Gasteiger partial charge in [-0.3, -0.25) is 0 Å². The lowest BCUT2D eigenvalue weighted by molar-refractivity contribution is -0.0690. The summed E-state index contributed by atoms with van der Waals surface area (Å²) in [5.41, 5.74) is 5.82. The maximum Gasteiger partial charge on any atom is 0.0633 e. The van der Waals surface area contributed by atoms with Crippen molar-refractivity contribution in [3.63, 3.8) is 0 Å². The summed E-state index contributed by atoms with van der Waals surface area (Å²) in [5.74, 6) is 0.373. The van der Waals surface area contributed by atoms with E-state index in [0.717, 1.165) is 12.8 Å². The van der Waals surface area contributed by atoms with E-state index in [-0.39, 0.29) is 5.38 Å². The van der Waals surface area contributed by atoms with Crippen LogP contribution in [0, 0.1) is 5.92 Å². The summed E-state index contributed by atoms with van der Waals surface area (Å²) < 4.78 is 6.24. The molecule has 2 saturated carbocycles. The first-order chi connectivity index (χ1) is 7.81. The number of alkyl halides is 1. The van der Waals surface area contributed by atoms with Gasteiger partial charge in [-0.25, -0.2) is 0 Å². The predicted molar refractivity (Wildman–Crippen MR) is 67.8 cm³/mol. The van der Waals surface area contributed by atoms with Crippen LogP contribution in [-0.2, 0) is 4.74 Å². The van der Waals surface area contributed by atoms with Gasteiger partial charge < -0.3 is 10.5 Å². The molecule has 0 aliphatic heterocycles. The second-order valence-corrected chi connectivity index (χ2v) is 5.84. The Morgan fingerprint density at radius 3 is 2.44 bits per heavy atom. The van der Waals surface area contributed by atoms with Crippen LogP contribution >= 0.6 is 11.6 Å². The summed E-state index contributed by atoms with van der Waals surface area (Å²) in [6.07, 6.45) is 10.8. The van der Waals surface area contributed by atoms with Gasteiger partial charge in [-0.05, 0) is 38.6 Å². The smallest absolute Gasteiger partial charge is 0.0633 e. The summed E-state index contributed by atoms with van der Waals surface area (Å²) in [6.45, 7) is 0.672. The minimum atomic E-state index is 0.229. The number of halogens is 1. The second kappa shape index (κ2) is 6.23. The largest absolute Gasteiger partial charge is 0.375 e. The first-order valence-corrected chi connectivity index (χ1v) is 7.24. The Morgan fingerprint density at radius 2 is 1.75 bits per heavy atom. The minimum absolute atomic E-state index is 0.229. The van der Waals surface area contributed by atoms with E-state index in [9.17, 15) is 0 Å². The van der Waals surface area contributed by atoms with Crippen LogP contribution in [0.4, 0.5) is 0 Å². The third-order valence-electron chi connectivity index (χ3n) is 4.10. The average molecular weight is 246 g/mol. The van der Waals surface area contributed by atoms with Crippen LogP contribution < -0.4 is 5.73 Å². The van der Waals surface area contributed by atoms with Crippen LogP contribution in [0.1, 0.15) is 51.4 Å². The number of ether oxygens (including phenoxy) is 1. The topological polar surface area (TPSA) is 35.2 Å². The monoisotopic (exact) mass is 245 g/mol. The van der Waals surface area contributed by atoms with E-state index in [1.165, 1.54) is 38.5 Å². The summed E-state index contributed by atoms with van der Waals surface area (Å²) in [5, 5.41) is 0.229. The predicted octanol–water partition coefficient (Wildman–Crippen LogP) is 3.07. The molecule has 0 amide bonds. The Hall–Kier alpha value is 0.210. The number of rotatable bonds is 3. The van der Waals surface area contributed by atoms with Crippen LogP contribution in [0.5, 0.6) is 0 Å². The first-order valence-electron chi connectivity index (χ1n) is 6.81. The van der Waals surface area contributed by atoms with Crippen LogP contribution in [0.3, 0.4) is 0 Å². The first kappa shape index (κ1) is 12.7. The molecule has 2 aliphatic carbocycles. The van der Waals surface area contributed by atoms with Gasteiger partial charge in [0.1, 0.15) is 0 Å². The summed E-state index contributed by atoms with van der Waals surface area (Å²) >= 11 is 6.34. The van der Waals surface area contributed by atoms with Crippen molar-refractivity contribution in [1.82, 2.24) is 0 Å². The zero-order valence-electron chi connectivity index (χ0n) is 10.0. The van der Waals surface area contributed by atoms with Crippen LogP contribution in [0.15, 0.2) is 0 Å². The molecule has 0 radical (unpaired) electrons. The maximum absolute atomic E-state index is 6.34. The molecule has 3 atom stereocenters.